The van der Waals surface area contributed by atoms with Gasteiger partial charge in [0.05, 0.1) is 6.10 Å². The van der Waals surface area contributed by atoms with E-state index in [1.54, 1.807) is 0 Å². The molecule has 1 atom stereocenters. The second-order valence-electron chi connectivity index (χ2n) is 4.88. The largest absolute Gasteiger partial charge is 0.378 e. The van der Waals surface area contributed by atoms with Crippen LogP contribution >= 0.6 is 0 Å². The zero-order valence-corrected chi connectivity index (χ0v) is 10.6. The van der Waals surface area contributed by atoms with Gasteiger partial charge in [-0.15, -0.1) is 0 Å². The molecular weight excluding hydrogens is 186 g/mol. The van der Waals surface area contributed by atoms with Gasteiger partial charge < -0.3 is 10.1 Å². The van der Waals surface area contributed by atoms with Gasteiger partial charge in [-0.1, -0.05) is 27.2 Å². The minimum Gasteiger partial charge on any atom is -0.378 e. The van der Waals surface area contributed by atoms with Crippen molar-refractivity contribution in [3.8, 4) is 0 Å². The highest BCUT2D eigenvalue weighted by atomic mass is 16.5. The number of nitrogens with one attached hydrogen (secondary N) is 1. The summed E-state index contributed by atoms with van der Waals surface area (Å²) >= 11 is 0. The van der Waals surface area contributed by atoms with Crippen molar-refractivity contribution in [1.82, 2.24) is 5.32 Å². The summed E-state index contributed by atoms with van der Waals surface area (Å²) in [6.45, 7) is 8.74. The van der Waals surface area contributed by atoms with Crippen molar-refractivity contribution in [1.29, 1.82) is 0 Å². The second kappa shape index (κ2) is 7.24. The first-order valence-corrected chi connectivity index (χ1v) is 6.61. The van der Waals surface area contributed by atoms with Crippen molar-refractivity contribution in [3.05, 3.63) is 0 Å². The van der Waals surface area contributed by atoms with Gasteiger partial charge in [-0.2, -0.15) is 0 Å². The van der Waals surface area contributed by atoms with E-state index in [0.29, 0.717) is 6.10 Å². The smallest absolute Gasteiger partial charge is 0.0576 e. The number of rotatable bonds is 6. The van der Waals surface area contributed by atoms with Crippen molar-refractivity contribution in [2.75, 3.05) is 13.2 Å². The van der Waals surface area contributed by atoms with Crippen LogP contribution in [-0.4, -0.2) is 25.3 Å². The molecule has 0 radical (unpaired) electrons. The molecule has 2 nitrogen and oxygen atoms in total. The fourth-order valence-corrected chi connectivity index (χ4v) is 2.14. The van der Waals surface area contributed by atoms with Gasteiger partial charge in [0.2, 0.25) is 0 Å². The Bertz CT molecular complexity index is 153. The van der Waals surface area contributed by atoms with Crippen molar-refractivity contribution < 1.29 is 4.74 Å². The van der Waals surface area contributed by atoms with Gasteiger partial charge in [0, 0.05) is 12.6 Å². The maximum Gasteiger partial charge on any atom is 0.0576 e. The third-order valence-corrected chi connectivity index (χ3v) is 3.48. The minimum absolute atomic E-state index is 0.536. The summed E-state index contributed by atoms with van der Waals surface area (Å²) in [4.78, 5) is 0. The van der Waals surface area contributed by atoms with Crippen LogP contribution in [-0.2, 0) is 4.74 Å². The first-order chi connectivity index (χ1) is 7.26. The summed E-state index contributed by atoms with van der Waals surface area (Å²) in [5.41, 5.74) is 0. The normalized spacial score (nSPS) is 29.0. The van der Waals surface area contributed by atoms with Crippen LogP contribution in [0, 0.1) is 5.92 Å². The predicted octanol–water partition coefficient (Wildman–Crippen LogP) is 2.97. The monoisotopic (exact) mass is 213 g/mol. The quantitative estimate of drug-likeness (QED) is 0.732. The minimum atomic E-state index is 0.536. The predicted molar refractivity (Wildman–Crippen MR) is 65.1 cm³/mol. The summed E-state index contributed by atoms with van der Waals surface area (Å²) in [5, 5.41) is 3.53. The maximum atomic E-state index is 5.93. The van der Waals surface area contributed by atoms with E-state index in [0.717, 1.165) is 25.1 Å². The number of hydrogen-bond acceptors (Lipinski definition) is 2. The van der Waals surface area contributed by atoms with Crippen LogP contribution < -0.4 is 5.32 Å². The Labute approximate surface area is 94.8 Å². The average Bonchev–Trinajstić information content (AvgIpc) is 2.28. The summed E-state index contributed by atoms with van der Waals surface area (Å²) in [6.07, 6.45) is 6.83. The molecule has 0 bridgehead atoms. The topological polar surface area (TPSA) is 21.3 Å². The molecule has 1 aliphatic rings. The average molecular weight is 213 g/mol. The fraction of sp³-hybridized carbons (Fsp3) is 1.00. The van der Waals surface area contributed by atoms with Gasteiger partial charge in [-0.05, 0) is 38.1 Å². The Morgan fingerprint density at radius 1 is 1.20 bits per heavy atom. The van der Waals surface area contributed by atoms with E-state index in [4.69, 9.17) is 4.74 Å². The molecule has 0 spiro atoms. The van der Waals surface area contributed by atoms with Crippen LogP contribution in [0.4, 0.5) is 0 Å². The first-order valence-electron chi connectivity index (χ1n) is 6.61. The fourth-order valence-electron chi connectivity index (χ4n) is 2.14. The van der Waals surface area contributed by atoms with E-state index in [-0.39, 0.29) is 0 Å². The lowest BCUT2D eigenvalue weighted by atomic mass is 9.93. The van der Waals surface area contributed by atoms with E-state index >= 15 is 0 Å². The molecule has 0 aromatic rings. The van der Waals surface area contributed by atoms with E-state index in [1.807, 2.05) is 0 Å². The van der Waals surface area contributed by atoms with Crippen molar-refractivity contribution in [3.63, 3.8) is 0 Å². The van der Waals surface area contributed by atoms with Gasteiger partial charge in [0.25, 0.3) is 0 Å². The number of ether oxygens (including phenoxy) is 1. The molecular formula is C13H27NO. The lowest BCUT2D eigenvalue weighted by Gasteiger charge is -2.29. The summed E-state index contributed by atoms with van der Waals surface area (Å²) < 4.78 is 5.93. The van der Waals surface area contributed by atoms with Crippen LogP contribution in [0.5, 0.6) is 0 Å². The Morgan fingerprint density at radius 3 is 2.40 bits per heavy atom. The van der Waals surface area contributed by atoms with Gasteiger partial charge in [-0.25, -0.2) is 0 Å². The molecule has 0 heterocycles. The molecule has 1 unspecified atom stereocenters. The first kappa shape index (κ1) is 13.0. The van der Waals surface area contributed by atoms with Crippen LogP contribution in [0.3, 0.4) is 0 Å². The Balaban J connectivity index is 2.09. The van der Waals surface area contributed by atoms with Crippen LogP contribution in [0.1, 0.15) is 52.9 Å². The highest BCUT2D eigenvalue weighted by Crippen LogP contribution is 2.21. The van der Waals surface area contributed by atoms with Gasteiger partial charge in [-0.3, -0.25) is 0 Å². The molecule has 1 fully saturated rings. The van der Waals surface area contributed by atoms with Gasteiger partial charge in [0.15, 0.2) is 0 Å². The molecule has 0 amide bonds. The second-order valence-corrected chi connectivity index (χ2v) is 4.88. The SMILES string of the molecule is CCNC1CCC(OCC(C)CC)CC1. The van der Waals surface area contributed by atoms with Gasteiger partial charge >= 0.3 is 0 Å². The molecule has 1 rings (SSSR count). The van der Waals surface area contributed by atoms with E-state index in [9.17, 15) is 0 Å². The highest BCUT2D eigenvalue weighted by molar-refractivity contribution is 4.77. The molecule has 1 saturated carbocycles. The zero-order valence-electron chi connectivity index (χ0n) is 10.6. The molecule has 1 N–H and O–H groups in total. The molecule has 1 aliphatic carbocycles. The lowest BCUT2D eigenvalue weighted by Crippen LogP contribution is -2.35. The molecule has 0 aromatic heterocycles. The van der Waals surface area contributed by atoms with Crippen molar-refractivity contribution >= 4 is 0 Å². The van der Waals surface area contributed by atoms with E-state index in [2.05, 4.69) is 26.1 Å². The third kappa shape index (κ3) is 4.98. The van der Waals surface area contributed by atoms with Gasteiger partial charge in [0.1, 0.15) is 0 Å². The molecule has 15 heavy (non-hydrogen) atoms. The Morgan fingerprint density at radius 2 is 1.87 bits per heavy atom. The van der Waals surface area contributed by atoms with Crippen molar-refractivity contribution in [2.45, 2.75) is 65.0 Å². The summed E-state index contributed by atoms with van der Waals surface area (Å²) in [7, 11) is 0. The number of hydrogen-bond donors (Lipinski definition) is 1. The molecule has 0 saturated heterocycles. The summed E-state index contributed by atoms with van der Waals surface area (Å²) in [6, 6.07) is 0.749. The highest BCUT2D eigenvalue weighted by Gasteiger charge is 2.20. The molecule has 90 valence electrons. The third-order valence-electron chi connectivity index (χ3n) is 3.48. The summed E-state index contributed by atoms with van der Waals surface area (Å²) in [5.74, 6) is 0.719. The zero-order chi connectivity index (χ0) is 11.1. The Kier molecular flexibility index (Phi) is 6.26. The van der Waals surface area contributed by atoms with Crippen LogP contribution in [0.25, 0.3) is 0 Å². The van der Waals surface area contributed by atoms with E-state index < -0.39 is 0 Å². The van der Waals surface area contributed by atoms with Crippen LogP contribution in [0.2, 0.25) is 0 Å². The maximum absolute atomic E-state index is 5.93. The van der Waals surface area contributed by atoms with Crippen LogP contribution in [0.15, 0.2) is 0 Å². The Hall–Kier alpha value is -0.0800. The standard InChI is InChI=1S/C13H27NO/c1-4-11(3)10-15-13-8-6-12(7-9-13)14-5-2/h11-14H,4-10H2,1-3H3. The lowest BCUT2D eigenvalue weighted by molar-refractivity contribution is 0.00539. The molecule has 2 heteroatoms. The molecule has 0 aliphatic heterocycles. The van der Waals surface area contributed by atoms with Crippen molar-refractivity contribution in [2.24, 2.45) is 5.92 Å². The molecule has 0 aromatic carbocycles. The van der Waals surface area contributed by atoms with E-state index in [1.165, 1.54) is 32.1 Å².